The van der Waals surface area contributed by atoms with E-state index < -0.39 is 11.8 Å². The van der Waals surface area contributed by atoms with Crippen LogP contribution in [0.25, 0.3) is 6.08 Å². The number of carbonyl (C=O) groups excluding carboxylic acids is 1. The van der Waals surface area contributed by atoms with E-state index in [2.05, 4.69) is 5.32 Å². The van der Waals surface area contributed by atoms with E-state index in [0.717, 1.165) is 17.3 Å². The van der Waals surface area contributed by atoms with Crippen LogP contribution in [-0.4, -0.2) is 22.7 Å². The largest absolute Gasteiger partial charge is 0.477 e. The number of nitrogens with one attached hydrogen (secondary N) is 1. The number of hydrogen-bond acceptors (Lipinski definition) is 3. The van der Waals surface area contributed by atoms with Gasteiger partial charge in [-0.05, 0) is 48.4 Å². The zero-order valence-electron chi connectivity index (χ0n) is 13.0. The second-order valence-corrected chi connectivity index (χ2v) is 6.09. The number of carbonyl (C=O) groups is 2. The number of amides is 1. The van der Waals surface area contributed by atoms with Gasteiger partial charge in [-0.2, -0.15) is 0 Å². The second kappa shape index (κ2) is 8.31. The summed E-state index contributed by atoms with van der Waals surface area (Å²) in [5, 5.41) is 12.0. The van der Waals surface area contributed by atoms with Gasteiger partial charge < -0.3 is 10.4 Å². The lowest BCUT2D eigenvalue weighted by Crippen LogP contribution is -2.15. The maximum Gasteiger partial charge on any atom is 0.342 e. The Morgan fingerprint density at radius 2 is 1.92 bits per heavy atom. The van der Waals surface area contributed by atoms with E-state index in [9.17, 15) is 19.1 Å². The number of rotatable bonds is 6. The summed E-state index contributed by atoms with van der Waals surface area (Å²) in [6.45, 7) is 1.92. The van der Waals surface area contributed by atoms with Gasteiger partial charge in [-0.25, -0.2) is 9.18 Å². The minimum atomic E-state index is -1.13. The molecule has 0 aromatic heterocycles. The fourth-order valence-corrected chi connectivity index (χ4v) is 2.64. The number of anilines is 1. The molecular formula is C18H16FNO3S. The molecule has 2 N–H and O–H groups in total. The van der Waals surface area contributed by atoms with Crippen molar-refractivity contribution >= 4 is 35.4 Å². The van der Waals surface area contributed by atoms with Crippen LogP contribution in [0.1, 0.15) is 11.1 Å². The summed E-state index contributed by atoms with van der Waals surface area (Å²) in [6.07, 6.45) is 1.41. The van der Waals surface area contributed by atoms with E-state index >= 15 is 0 Å². The van der Waals surface area contributed by atoms with Crippen molar-refractivity contribution < 1.29 is 19.1 Å². The molecule has 2 aromatic rings. The van der Waals surface area contributed by atoms with Gasteiger partial charge in [-0.3, -0.25) is 4.79 Å². The highest BCUT2D eigenvalue weighted by Gasteiger charge is 2.12. The van der Waals surface area contributed by atoms with Crippen LogP contribution in [0.2, 0.25) is 0 Å². The van der Waals surface area contributed by atoms with E-state index in [1.807, 2.05) is 25.1 Å². The van der Waals surface area contributed by atoms with Crippen molar-refractivity contribution in [3.8, 4) is 0 Å². The predicted molar refractivity (Wildman–Crippen MR) is 94.3 cm³/mol. The van der Waals surface area contributed by atoms with Gasteiger partial charge in [0.2, 0.25) is 5.91 Å². The normalized spacial score (nSPS) is 11.2. The Labute approximate surface area is 143 Å². The van der Waals surface area contributed by atoms with Crippen LogP contribution in [0, 0.1) is 12.7 Å². The maximum absolute atomic E-state index is 12.9. The lowest BCUT2D eigenvalue weighted by molar-refractivity contribution is -0.131. The summed E-state index contributed by atoms with van der Waals surface area (Å²) in [7, 11) is 0. The highest BCUT2D eigenvalue weighted by molar-refractivity contribution is 8.04. The highest BCUT2D eigenvalue weighted by atomic mass is 32.2. The van der Waals surface area contributed by atoms with Crippen molar-refractivity contribution in [2.75, 3.05) is 11.1 Å². The lowest BCUT2D eigenvalue weighted by atomic mass is 10.2. The molecule has 6 heteroatoms. The van der Waals surface area contributed by atoms with Gasteiger partial charge in [0, 0.05) is 5.69 Å². The number of carboxylic acid groups (broad SMARTS) is 1. The van der Waals surface area contributed by atoms with E-state index in [0.29, 0.717) is 11.3 Å². The van der Waals surface area contributed by atoms with Crippen molar-refractivity contribution in [2.45, 2.75) is 6.92 Å². The van der Waals surface area contributed by atoms with Gasteiger partial charge in [-0.1, -0.05) is 24.3 Å². The molecule has 0 bridgehead atoms. The number of halogens is 1. The fourth-order valence-electron chi connectivity index (χ4n) is 1.94. The molecule has 0 atom stereocenters. The Hall–Kier alpha value is -2.60. The highest BCUT2D eigenvalue weighted by Crippen LogP contribution is 2.20. The summed E-state index contributed by atoms with van der Waals surface area (Å²) in [5.41, 5.74) is 2.24. The third-order valence-electron chi connectivity index (χ3n) is 3.04. The summed E-state index contributed by atoms with van der Waals surface area (Å²) in [5.74, 6) is -1.86. The molecule has 0 radical (unpaired) electrons. The standard InChI is InChI=1S/C18H16FNO3S/c1-12-3-2-4-15(9-12)20-17(21)11-24-16(18(22)23)10-13-5-7-14(19)8-6-13/h2-10H,11H2,1H3,(H,20,21)(H,22,23)/b16-10+. The van der Waals surface area contributed by atoms with E-state index in [1.165, 1.54) is 30.3 Å². The molecule has 0 aliphatic rings. The molecule has 2 aromatic carbocycles. The summed E-state index contributed by atoms with van der Waals surface area (Å²) in [6, 6.07) is 12.8. The van der Waals surface area contributed by atoms with Gasteiger partial charge in [-0.15, -0.1) is 11.8 Å². The zero-order valence-corrected chi connectivity index (χ0v) is 13.8. The smallest absolute Gasteiger partial charge is 0.342 e. The third kappa shape index (κ3) is 5.55. The summed E-state index contributed by atoms with van der Waals surface area (Å²) in [4.78, 5) is 23.3. The Kier molecular flexibility index (Phi) is 6.14. The number of hydrogen-bond donors (Lipinski definition) is 2. The van der Waals surface area contributed by atoms with Gasteiger partial charge >= 0.3 is 5.97 Å². The van der Waals surface area contributed by atoms with Gasteiger partial charge in [0.25, 0.3) is 0 Å². The van der Waals surface area contributed by atoms with Crippen LogP contribution in [0.3, 0.4) is 0 Å². The Morgan fingerprint density at radius 3 is 2.54 bits per heavy atom. The molecular weight excluding hydrogens is 329 g/mol. The first-order valence-electron chi connectivity index (χ1n) is 7.14. The molecule has 2 rings (SSSR count). The Balaban J connectivity index is 1.99. The van der Waals surface area contributed by atoms with Crippen LogP contribution >= 0.6 is 11.8 Å². The maximum atomic E-state index is 12.9. The minimum Gasteiger partial charge on any atom is -0.477 e. The minimum absolute atomic E-state index is 0.0148. The summed E-state index contributed by atoms with van der Waals surface area (Å²) < 4.78 is 12.9. The van der Waals surface area contributed by atoms with Gasteiger partial charge in [0.15, 0.2) is 0 Å². The zero-order chi connectivity index (χ0) is 17.5. The molecule has 0 saturated heterocycles. The van der Waals surface area contributed by atoms with Crippen molar-refractivity contribution in [1.82, 2.24) is 0 Å². The monoisotopic (exact) mass is 345 g/mol. The topological polar surface area (TPSA) is 66.4 Å². The van der Waals surface area contributed by atoms with Crippen molar-refractivity contribution in [2.24, 2.45) is 0 Å². The second-order valence-electron chi connectivity index (χ2n) is 5.07. The first-order chi connectivity index (χ1) is 11.4. The molecule has 0 heterocycles. The molecule has 0 aliphatic heterocycles. The van der Waals surface area contributed by atoms with Crippen LogP contribution in [0.4, 0.5) is 10.1 Å². The lowest BCUT2D eigenvalue weighted by Gasteiger charge is -2.06. The molecule has 0 saturated carbocycles. The van der Waals surface area contributed by atoms with Crippen molar-refractivity contribution in [1.29, 1.82) is 0 Å². The van der Waals surface area contributed by atoms with E-state index in [-0.39, 0.29) is 16.6 Å². The van der Waals surface area contributed by atoms with Gasteiger partial charge in [0.05, 0.1) is 10.7 Å². The Bertz CT molecular complexity index is 772. The Morgan fingerprint density at radius 1 is 1.21 bits per heavy atom. The van der Waals surface area contributed by atoms with Crippen LogP contribution in [0.5, 0.6) is 0 Å². The molecule has 24 heavy (non-hydrogen) atoms. The van der Waals surface area contributed by atoms with Crippen LogP contribution < -0.4 is 5.32 Å². The summed E-state index contributed by atoms with van der Waals surface area (Å²) >= 11 is 0.916. The number of carboxylic acids is 1. The third-order valence-corrected chi connectivity index (χ3v) is 4.05. The van der Waals surface area contributed by atoms with Crippen LogP contribution in [0.15, 0.2) is 53.4 Å². The molecule has 0 aliphatic carbocycles. The van der Waals surface area contributed by atoms with E-state index in [4.69, 9.17) is 0 Å². The molecule has 1 amide bonds. The predicted octanol–water partition coefficient (Wildman–Crippen LogP) is 3.93. The average molecular weight is 345 g/mol. The number of benzene rings is 2. The molecule has 124 valence electrons. The molecule has 0 fully saturated rings. The first-order valence-corrected chi connectivity index (χ1v) is 8.12. The van der Waals surface area contributed by atoms with Gasteiger partial charge in [0.1, 0.15) is 5.82 Å². The quantitative estimate of drug-likeness (QED) is 0.779. The number of thioether (sulfide) groups is 1. The van der Waals surface area contributed by atoms with Crippen LogP contribution in [-0.2, 0) is 9.59 Å². The average Bonchev–Trinajstić information content (AvgIpc) is 2.53. The number of aryl methyl sites for hydroxylation is 1. The SMILES string of the molecule is Cc1cccc(NC(=O)CS/C(=C/c2ccc(F)cc2)C(=O)O)c1. The molecule has 4 nitrogen and oxygen atoms in total. The van der Waals surface area contributed by atoms with E-state index in [1.54, 1.807) is 6.07 Å². The molecule has 0 spiro atoms. The van der Waals surface area contributed by atoms with Crippen molar-refractivity contribution in [3.63, 3.8) is 0 Å². The first kappa shape index (κ1) is 17.7. The van der Waals surface area contributed by atoms with Crippen molar-refractivity contribution in [3.05, 3.63) is 70.4 Å². The number of aliphatic carboxylic acids is 1. The fraction of sp³-hybridized carbons (Fsp3) is 0.111. The molecule has 0 unspecified atom stereocenters.